The summed E-state index contributed by atoms with van der Waals surface area (Å²) < 4.78 is 6.78. The lowest BCUT2D eigenvalue weighted by Crippen LogP contribution is -2.34. The van der Waals surface area contributed by atoms with E-state index in [1.54, 1.807) is 10.9 Å². The van der Waals surface area contributed by atoms with Crippen molar-refractivity contribution in [3.8, 4) is 11.4 Å². The minimum Gasteiger partial charge on any atom is -0.407 e. The van der Waals surface area contributed by atoms with Crippen LogP contribution in [0, 0.1) is 0 Å². The van der Waals surface area contributed by atoms with E-state index >= 15 is 0 Å². The van der Waals surface area contributed by atoms with Crippen LogP contribution in [0.15, 0.2) is 36.5 Å². The summed E-state index contributed by atoms with van der Waals surface area (Å²) in [7, 11) is 0. The highest BCUT2D eigenvalue weighted by atomic mass is 16.6. The van der Waals surface area contributed by atoms with Gasteiger partial charge < -0.3 is 10.1 Å². The molecule has 5 heteroatoms. The molecule has 5 nitrogen and oxygen atoms in total. The van der Waals surface area contributed by atoms with Gasteiger partial charge in [0.1, 0.15) is 5.69 Å². The Labute approximate surface area is 98.0 Å². The number of benzene rings is 1. The maximum atomic E-state index is 11.2. The molecule has 1 aromatic heterocycles. The number of fused-ring (bicyclic) bond motifs is 1. The van der Waals surface area contributed by atoms with Crippen LogP contribution in [0.1, 0.15) is 18.7 Å². The zero-order chi connectivity index (χ0) is 11.8. The van der Waals surface area contributed by atoms with Crippen LogP contribution in [-0.4, -0.2) is 15.9 Å². The summed E-state index contributed by atoms with van der Waals surface area (Å²) in [5.41, 5.74) is 1.68. The molecular formula is C12H11N3O2. The summed E-state index contributed by atoms with van der Waals surface area (Å²) in [5.74, 6) is 0.519. The second-order valence-electron chi connectivity index (χ2n) is 3.91. The van der Waals surface area contributed by atoms with Crippen LogP contribution in [0.3, 0.4) is 0 Å². The average Bonchev–Trinajstić information content (AvgIpc) is 2.74. The Bertz CT molecular complexity index is 562. The van der Waals surface area contributed by atoms with Crippen molar-refractivity contribution in [3.05, 3.63) is 42.2 Å². The van der Waals surface area contributed by atoms with E-state index < -0.39 is 6.09 Å². The first kappa shape index (κ1) is 9.89. The van der Waals surface area contributed by atoms with Crippen molar-refractivity contribution < 1.29 is 9.53 Å². The zero-order valence-electron chi connectivity index (χ0n) is 9.25. The van der Waals surface area contributed by atoms with Crippen LogP contribution < -0.4 is 10.1 Å². The average molecular weight is 229 g/mol. The molecule has 3 rings (SSSR count). The molecule has 1 N–H and O–H groups in total. The van der Waals surface area contributed by atoms with E-state index in [0.29, 0.717) is 5.75 Å². The normalized spacial score (nSPS) is 18.2. The first-order valence-electron chi connectivity index (χ1n) is 5.37. The highest BCUT2D eigenvalue weighted by molar-refractivity contribution is 5.73. The number of aromatic nitrogens is 2. The molecule has 17 heavy (non-hydrogen) atoms. The molecule has 0 fully saturated rings. The second-order valence-corrected chi connectivity index (χ2v) is 3.91. The minimum absolute atomic E-state index is 0.129. The number of hydrogen-bond donors (Lipinski definition) is 1. The van der Waals surface area contributed by atoms with Gasteiger partial charge >= 0.3 is 6.09 Å². The van der Waals surface area contributed by atoms with Crippen molar-refractivity contribution in [2.45, 2.75) is 13.0 Å². The number of rotatable bonds is 1. The molecule has 0 spiro atoms. The summed E-state index contributed by atoms with van der Waals surface area (Å²) in [6.45, 7) is 1.88. The van der Waals surface area contributed by atoms with Crippen molar-refractivity contribution in [3.63, 3.8) is 0 Å². The fourth-order valence-corrected chi connectivity index (χ4v) is 1.84. The SMILES string of the molecule is CC1NC(=O)Oc2cn(-c3ccccc3)nc21. The van der Waals surface area contributed by atoms with Crippen molar-refractivity contribution in [1.29, 1.82) is 0 Å². The topological polar surface area (TPSA) is 56.1 Å². The maximum absolute atomic E-state index is 11.2. The van der Waals surface area contributed by atoms with Gasteiger partial charge in [0.2, 0.25) is 0 Å². The van der Waals surface area contributed by atoms with Gasteiger partial charge in [-0.05, 0) is 19.1 Å². The predicted octanol–water partition coefficient (Wildman–Crippen LogP) is 2.04. The van der Waals surface area contributed by atoms with Gasteiger partial charge in [-0.15, -0.1) is 0 Å². The molecule has 0 radical (unpaired) electrons. The van der Waals surface area contributed by atoms with Crippen molar-refractivity contribution in [2.24, 2.45) is 0 Å². The van der Waals surface area contributed by atoms with E-state index in [0.717, 1.165) is 11.4 Å². The number of nitrogens with one attached hydrogen (secondary N) is 1. The largest absolute Gasteiger partial charge is 0.413 e. The van der Waals surface area contributed by atoms with Crippen molar-refractivity contribution in [1.82, 2.24) is 15.1 Å². The summed E-state index contributed by atoms with van der Waals surface area (Å²) in [4.78, 5) is 11.2. The molecule has 2 aromatic rings. The van der Waals surface area contributed by atoms with Crippen LogP contribution in [0.25, 0.3) is 5.69 Å². The first-order valence-corrected chi connectivity index (χ1v) is 5.37. The Kier molecular flexibility index (Phi) is 2.11. The standard InChI is InChI=1S/C12H11N3O2/c1-8-11-10(17-12(16)13-8)7-15(14-11)9-5-3-2-4-6-9/h2-8H,1H3,(H,13,16). The highest BCUT2D eigenvalue weighted by Crippen LogP contribution is 2.28. The first-order chi connectivity index (χ1) is 8.24. The molecule has 0 saturated heterocycles. The highest BCUT2D eigenvalue weighted by Gasteiger charge is 2.26. The number of carbonyl (C=O) groups is 1. The van der Waals surface area contributed by atoms with Crippen LogP contribution in [0.4, 0.5) is 4.79 Å². The number of nitrogens with zero attached hydrogens (tertiary/aromatic N) is 2. The maximum Gasteiger partial charge on any atom is 0.413 e. The van der Waals surface area contributed by atoms with E-state index in [1.807, 2.05) is 37.3 Å². The van der Waals surface area contributed by atoms with Crippen molar-refractivity contribution >= 4 is 6.09 Å². The summed E-state index contributed by atoms with van der Waals surface area (Å²) in [6.07, 6.45) is 1.29. The Hall–Kier alpha value is -2.30. The molecule has 1 aliphatic rings. The smallest absolute Gasteiger partial charge is 0.407 e. The zero-order valence-corrected chi connectivity index (χ0v) is 9.25. The molecule has 0 aliphatic carbocycles. The third kappa shape index (κ3) is 1.65. The van der Waals surface area contributed by atoms with Crippen LogP contribution in [0.2, 0.25) is 0 Å². The molecule has 1 atom stereocenters. The van der Waals surface area contributed by atoms with Crippen LogP contribution in [-0.2, 0) is 0 Å². The Morgan fingerprint density at radius 1 is 1.35 bits per heavy atom. The van der Waals surface area contributed by atoms with Gasteiger partial charge in [-0.2, -0.15) is 5.10 Å². The van der Waals surface area contributed by atoms with Crippen LogP contribution >= 0.6 is 0 Å². The molecule has 2 heterocycles. The number of carbonyl (C=O) groups excluding carboxylic acids is 1. The van der Waals surface area contributed by atoms with Crippen LogP contribution in [0.5, 0.6) is 5.75 Å². The summed E-state index contributed by atoms with van der Waals surface area (Å²) >= 11 is 0. The van der Waals surface area contributed by atoms with E-state index in [-0.39, 0.29) is 6.04 Å². The molecule has 1 aliphatic heterocycles. The van der Waals surface area contributed by atoms with E-state index in [9.17, 15) is 4.79 Å². The number of hydrogen-bond acceptors (Lipinski definition) is 3. The Balaban J connectivity index is 2.05. The molecular weight excluding hydrogens is 218 g/mol. The monoisotopic (exact) mass is 229 g/mol. The second kappa shape index (κ2) is 3.62. The Morgan fingerprint density at radius 2 is 2.12 bits per heavy atom. The van der Waals surface area contributed by atoms with E-state index in [1.165, 1.54) is 0 Å². The molecule has 0 saturated carbocycles. The van der Waals surface area contributed by atoms with Gasteiger partial charge in [-0.25, -0.2) is 9.48 Å². The van der Waals surface area contributed by atoms with Gasteiger partial charge in [0.05, 0.1) is 17.9 Å². The third-order valence-electron chi connectivity index (χ3n) is 2.68. The summed E-state index contributed by atoms with van der Waals surface area (Å²) in [6, 6.07) is 9.57. The number of para-hydroxylation sites is 1. The van der Waals surface area contributed by atoms with Gasteiger partial charge in [-0.1, -0.05) is 18.2 Å². The molecule has 1 aromatic carbocycles. The predicted molar refractivity (Wildman–Crippen MR) is 61.1 cm³/mol. The molecule has 1 unspecified atom stereocenters. The fraction of sp³-hybridized carbons (Fsp3) is 0.167. The number of ether oxygens (including phenoxy) is 1. The van der Waals surface area contributed by atoms with E-state index in [2.05, 4.69) is 10.4 Å². The fourth-order valence-electron chi connectivity index (χ4n) is 1.84. The summed E-state index contributed by atoms with van der Waals surface area (Å²) in [5, 5.41) is 7.08. The van der Waals surface area contributed by atoms with E-state index in [4.69, 9.17) is 4.74 Å². The minimum atomic E-state index is -0.433. The van der Waals surface area contributed by atoms with Crippen molar-refractivity contribution in [2.75, 3.05) is 0 Å². The van der Waals surface area contributed by atoms with Gasteiger partial charge in [-0.3, -0.25) is 0 Å². The lowest BCUT2D eigenvalue weighted by molar-refractivity contribution is 0.189. The molecule has 86 valence electrons. The third-order valence-corrected chi connectivity index (χ3v) is 2.68. The van der Waals surface area contributed by atoms with Gasteiger partial charge in [0.25, 0.3) is 0 Å². The lowest BCUT2D eigenvalue weighted by atomic mass is 10.2. The molecule has 0 bridgehead atoms. The van der Waals surface area contributed by atoms with Gasteiger partial charge in [0.15, 0.2) is 5.75 Å². The lowest BCUT2D eigenvalue weighted by Gasteiger charge is -2.17. The number of amides is 1. The van der Waals surface area contributed by atoms with Gasteiger partial charge in [0, 0.05) is 0 Å². The Morgan fingerprint density at radius 3 is 2.88 bits per heavy atom. The molecule has 1 amide bonds. The quantitative estimate of drug-likeness (QED) is 0.814.